The molecule has 3 aromatic carbocycles. The zero-order valence-corrected chi connectivity index (χ0v) is 30.9. The van der Waals surface area contributed by atoms with Crippen LogP contribution in [0, 0.1) is 6.92 Å². The first-order valence-corrected chi connectivity index (χ1v) is 19.1. The number of phosphoric acid groups is 1. The van der Waals surface area contributed by atoms with Gasteiger partial charge < -0.3 is 18.7 Å². The van der Waals surface area contributed by atoms with Crippen LogP contribution in [0.15, 0.2) is 97.3 Å². The van der Waals surface area contributed by atoms with Crippen molar-refractivity contribution in [2.24, 2.45) is 7.05 Å². The number of carbonyl (C=O) groups is 2. The van der Waals surface area contributed by atoms with Crippen LogP contribution in [0.4, 0.5) is 11.4 Å². The number of morpholine rings is 1. The molecule has 5 aromatic rings. The lowest BCUT2D eigenvalue weighted by Crippen LogP contribution is -2.52. The lowest BCUT2D eigenvalue weighted by Gasteiger charge is -2.40. The van der Waals surface area contributed by atoms with E-state index in [-0.39, 0.29) is 23.6 Å². The van der Waals surface area contributed by atoms with Gasteiger partial charge in [0.25, 0.3) is 11.8 Å². The number of aromatic nitrogens is 2. The SMILES string of the molecule is Cc1c(C(=O)N(c2ccncc2)c2ccc(OP(=O)(O)O)cc2)cc(-c2cc(Cl)ccc2C(=O)N2Cc3ccccc3C[C@H]2CN2CCOCC2)n1C. The van der Waals surface area contributed by atoms with Gasteiger partial charge in [0.05, 0.1) is 24.5 Å². The van der Waals surface area contributed by atoms with Gasteiger partial charge in [0, 0.05) is 84.9 Å². The fourth-order valence-corrected chi connectivity index (χ4v) is 7.67. The van der Waals surface area contributed by atoms with Crippen molar-refractivity contribution in [1.82, 2.24) is 19.4 Å². The van der Waals surface area contributed by atoms with Gasteiger partial charge in [-0.05, 0) is 85.1 Å². The predicted molar refractivity (Wildman–Crippen MR) is 201 cm³/mol. The molecule has 2 aromatic heterocycles. The summed E-state index contributed by atoms with van der Waals surface area (Å²) in [5.41, 5.74) is 6.07. The molecule has 0 saturated carbocycles. The Morgan fingerprint density at radius 2 is 1.62 bits per heavy atom. The van der Waals surface area contributed by atoms with Gasteiger partial charge in [-0.2, -0.15) is 0 Å². The van der Waals surface area contributed by atoms with Gasteiger partial charge in [0.1, 0.15) is 5.75 Å². The summed E-state index contributed by atoms with van der Waals surface area (Å²) in [6.07, 6.45) is 3.88. The fraction of sp³-hybridized carbons (Fsp3) is 0.256. The molecule has 7 rings (SSSR count). The Morgan fingerprint density at radius 3 is 2.32 bits per heavy atom. The van der Waals surface area contributed by atoms with Crippen molar-refractivity contribution in [1.29, 1.82) is 0 Å². The van der Waals surface area contributed by atoms with Crippen LogP contribution in [0.2, 0.25) is 5.02 Å². The van der Waals surface area contributed by atoms with Gasteiger partial charge in [-0.3, -0.25) is 34.2 Å². The Morgan fingerprint density at radius 1 is 0.943 bits per heavy atom. The van der Waals surface area contributed by atoms with Crippen LogP contribution in [-0.4, -0.2) is 79.8 Å². The van der Waals surface area contributed by atoms with Crippen LogP contribution in [0.25, 0.3) is 11.3 Å². The monoisotopic (exact) mass is 755 g/mol. The zero-order chi connectivity index (χ0) is 37.3. The summed E-state index contributed by atoms with van der Waals surface area (Å²) in [5.74, 6) is -0.538. The number of anilines is 2. The van der Waals surface area contributed by atoms with E-state index in [0.29, 0.717) is 64.2 Å². The molecule has 0 radical (unpaired) electrons. The molecule has 14 heteroatoms. The van der Waals surface area contributed by atoms with Gasteiger partial charge in [0.2, 0.25) is 0 Å². The molecule has 1 saturated heterocycles. The smallest absolute Gasteiger partial charge is 0.404 e. The number of hydrogen-bond donors (Lipinski definition) is 2. The van der Waals surface area contributed by atoms with E-state index in [2.05, 4.69) is 22.0 Å². The molecule has 2 N–H and O–H groups in total. The molecule has 4 heterocycles. The van der Waals surface area contributed by atoms with E-state index in [1.165, 1.54) is 22.6 Å². The molecule has 0 spiro atoms. The van der Waals surface area contributed by atoms with Crippen LogP contribution < -0.4 is 9.42 Å². The number of halogens is 1. The summed E-state index contributed by atoms with van der Waals surface area (Å²) in [6.45, 7) is 6.00. The predicted octanol–water partition coefficient (Wildman–Crippen LogP) is 6.40. The van der Waals surface area contributed by atoms with Gasteiger partial charge in [0.15, 0.2) is 0 Å². The number of pyridine rings is 1. The molecule has 53 heavy (non-hydrogen) atoms. The third kappa shape index (κ3) is 7.94. The Hall–Kier alpha value is -4.81. The maximum absolute atomic E-state index is 14.8. The summed E-state index contributed by atoms with van der Waals surface area (Å²) < 4.78 is 23.6. The lowest BCUT2D eigenvalue weighted by molar-refractivity contribution is 0.0193. The highest BCUT2D eigenvalue weighted by Crippen LogP contribution is 2.39. The van der Waals surface area contributed by atoms with Crippen molar-refractivity contribution >= 4 is 42.6 Å². The normalized spacial score (nSPS) is 16.2. The maximum Gasteiger partial charge on any atom is 0.524 e. The number of nitrogens with zero attached hydrogens (tertiary/aromatic N) is 5. The maximum atomic E-state index is 14.8. The summed E-state index contributed by atoms with van der Waals surface area (Å²) >= 11 is 6.61. The Labute approximate surface area is 312 Å². The first-order chi connectivity index (χ1) is 25.5. The minimum Gasteiger partial charge on any atom is -0.404 e. The molecule has 2 aliphatic heterocycles. The van der Waals surface area contributed by atoms with Crippen LogP contribution in [-0.2, 0) is 29.3 Å². The summed E-state index contributed by atoms with van der Waals surface area (Å²) in [6, 6.07) is 24.5. The van der Waals surface area contributed by atoms with Crippen LogP contribution in [0.3, 0.4) is 0 Å². The Bertz CT molecular complexity index is 2180. The number of ether oxygens (including phenoxy) is 1. The van der Waals surface area contributed by atoms with Crippen LogP contribution in [0.1, 0.15) is 37.5 Å². The summed E-state index contributed by atoms with van der Waals surface area (Å²) in [4.78, 5) is 57.8. The van der Waals surface area contributed by atoms with Crippen molar-refractivity contribution in [3.05, 3.63) is 130 Å². The van der Waals surface area contributed by atoms with E-state index in [9.17, 15) is 23.9 Å². The second-order valence-electron chi connectivity index (χ2n) is 13.2. The van der Waals surface area contributed by atoms with E-state index in [1.54, 1.807) is 60.9 Å². The van der Waals surface area contributed by atoms with Crippen molar-refractivity contribution in [3.8, 4) is 17.0 Å². The number of fused-ring (bicyclic) bond motifs is 1. The summed E-state index contributed by atoms with van der Waals surface area (Å²) in [5, 5.41) is 0.452. The Kier molecular flexibility index (Phi) is 10.5. The average Bonchev–Trinajstić information content (AvgIpc) is 3.45. The van der Waals surface area contributed by atoms with E-state index in [4.69, 9.17) is 20.9 Å². The first kappa shape index (κ1) is 36.5. The third-order valence-corrected chi connectivity index (χ3v) is 10.6. The van der Waals surface area contributed by atoms with Gasteiger partial charge in [-0.25, -0.2) is 4.57 Å². The van der Waals surface area contributed by atoms with E-state index in [0.717, 1.165) is 31.6 Å². The van der Waals surface area contributed by atoms with Gasteiger partial charge in [-0.1, -0.05) is 35.9 Å². The van der Waals surface area contributed by atoms with E-state index >= 15 is 0 Å². The number of hydrogen-bond acceptors (Lipinski definition) is 7. The highest BCUT2D eigenvalue weighted by Gasteiger charge is 2.34. The molecule has 2 amide bonds. The second kappa shape index (κ2) is 15.3. The lowest BCUT2D eigenvalue weighted by atomic mass is 9.92. The summed E-state index contributed by atoms with van der Waals surface area (Å²) in [7, 11) is -2.93. The molecule has 1 fully saturated rings. The molecule has 2 aliphatic rings. The quantitative estimate of drug-likeness (QED) is 0.164. The van der Waals surface area contributed by atoms with Gasteiger partial charge >= 0.3 is 7.82 Å². The number of carbonyl (C=O) groups excluding carboxylic acids is 2. The number of phosphoric ester groups is 1. The van der Waals surface area contributed by atoms with Crippen molar-refractivity contribution in [2.45, 2.75) is 25.9 Å². The molecule has 274 valence electrons. The highest BCUT2D eigenvalue weighted by atomic mass is 35.5. The molecule has 0 unspecified atom stereocenters. The first-order valence-electron chi connectivity index (χ1n) is 17.2. The second-order valence-corrected chi connectivity index (χ2v) is 14.8. The topological polar surface area (TPSA) is 138 Å². The molecular formula is C39H39ClN5O7P. The van der Waals surface area contributed by atoms with E-state index in [1.807, 2.05) is 35.6 Å². The largest absolute Gasteiger partial charge is 0.524 e. The van der Waals surface area contributed by atoms with Crippen LogP contribution >= 0.6 is 19.4 Å². The molecule has 1 atom stereocenters. The number of rotatable bonds is 9. The third-order valence-electron chi connectivity index (χ3n) is 9.89. The van der Waals surface area contributed by atoms with Gasteiger partial charge in [-0.15, -0.1) is 0 Å². The van der Waals surface area contributed by atoms with Crippen molar-refractivity contribution in [3.63, 3.8) is 0 Å². The fourth-order valence-electron chi connectivity index (χ4n) is 7.10. The highest BCUT2D eigenvalue weighted by molar-refractivity contribution is 7.46. The van der Waals surface area contributed by atoms with Crippen LogP contribution in [0.5, 0.6) is 5.75 Å². The Balaban J connectivity index is 1.25. The standard InChI is InChI=1S/C39H39ClN5O7P/c1-26-35(39(47)45(31-13-15-41-16-14-31)30-8-10-33(11-9-30)52-53(48,49)50)23-37(42(26)2)36-22-29(40)7-12-34(36)38(46)44-24-28-6-4-3-5-27(28)21-32(44)25-43-17-19-51-20-18-43/h3-16,22-23,32H,17-21,24-25H2,1-2H3,(H2,48,49,50)/t32-/m0/s1. The molecular weight excluding hydrogens is 717 g/mol. The van der Waals surface area contributed by atoms with Crippen molar-refractivity contribution in [2.75, 3.05) is 37.7 Å². The minimum absolute atomic E-state index is 0.0510. The molecule has 12 nitrogen and oxygen atoms in total. The minimum atomic E-state index is -4.78. The number of benzene rings is 3. The molecule has 0 bridgehead atoms. The molecule has 0 aliphatic carbocycles. The number of amides is 2. The zero-order valence-electron chi connectivity index (χ0n) is 29.3. The van der Waals surface area contributed by atoms with E-state index < -0.39 is 7.82 Å². The average molecular weight is 756 g/mol. The van der Waals surface area contributed by atoms with Crippen molar-refractivity contribution < 1.29 is 33.2 Å².